The molecular weight excluding hydrogens is 226 g/mol. The number of nitrogens with one attached hydrogen (secondary N) is 2. The van der Waals surface area contributed by atoms with Gasteiger partial charge in [-0.3, -0.25) is 9.59 Å². The molecule has 0 aromatic carbocycles. The summed E-state index contributed by atoms with van der Waals surface area (Å²) in [5.74, 6) is -1.73. The highest BCUT2D eigenvalue weighted by Crippen LogP contribution is 1.98. The zero-order valence-electron chi connectivity index (χ0n) is 10.3. The van der Waals surface area contributed by atoms with Gasteiger partial charge in [0, 0.05) is 33.6 Å². The lowest BCUT2D eigenvalue weighted by atomic mass is 10.2. The molecule has 0 heterocycles. The van der Waals surface area contributed by atoms with Crippen molar-refractivity contribution in [3.63, 3.8) is 0 Å². The van der Waals surface area contributed by atoms with Crippen molar-refractivity contribution in [1.82, 2.24) is 15.5 Å². The van der Waals surface area contributed by atoms with Gasteiger partial charge in [-0.2, -0.15) is 0 Å². The van der Waals surface area contributed by atoms with E-state index in [4.69, 9.17) is 5.11 Å². The molecule has 17 heavy (non-hydrogen) atoms. The van der Waals surface area contributed by atoms with Gasteiger partial charge in [0.1, 0.15) is 0 Å². The molecule has 3 amide bonds. The normalized spacial score (nSPS) is 11.5. The lowest BCUT2D eigenvalue weighted by molar-refractivity contribution is -0.141. The number of amides is 3. The van der Waals surface area contributed by atoms with Crippen LogP contribution in [0.25, 0.3) is 0 Å². The lowest BCUT2D eigenvalue weighted by Gasteiger charge is -2.19. The van der Waals surface area contributed by atoms with Crippen LogP contribution in [0.5, 0.6) is 0 Å². The minimum absolute atomic E-state index is 0.126. The zero-order chi connectivity index (χ0) is 13.4. The summed E-state index contributed by atoms with van der Waals surface area (Å²) in [5.41, 5.74) is 0. The summed E-state index contributed by atoms with van der Waals surface area (Å²) in [5, 5.41) is 13.6. The van der Waals surface area contributed by atoms with E-state index in [0.717, 1.165) is 0 Å². The Morgan fingerprint density at radius 2 is 1.94 bits per heavy atom. The van der Waals surface area contributed by atoms with Crippen molar-refractivity contribution in [3.8, 4) is 0 Å². The van der Waals surface area contributed by atoms with Gasteiger partial charge in [-0.1, -0.05) is 6.92 Å². The first kappa shape index (κ1) is 15.2. The quantitative estimate of drug-likeness (QED) is 0.586. The number of hydrogen-bond acceptors (Lipinski definition) is 3. The van der Waals surface area contributed by atoms with Gasteiger partial charge in [-0.15, -0.1) is 0 Å². The molecule has 0 aliphatic heterocycles. The van der Waals surface area contributed by atoms with Crippen molar-refractivity contribution in [2.45, 2.75) is 13.3 Å². The fourth-order valence-electron chi connectivity index (χ4n) is 1.11. The minimum atomic E-state index is -0.949. The fourth-order valence-corrected chi connectivity index (χ4v) is 1.11. The van der Waals surface area contributed by atoms with Crippen molar-refractivity contribution >= 4 is 17.9 Å². The number of nitrogens with zero attached hydrogens (tertiary/aromatic N) is 1. The SMILES string of the molecule is CNC(=O)CCNC(=O)N(C)CC(C)C(=O)O. The van der Waals surface area contributed by atoms with E-state index < -0.39 is 11.9 Å². The number of carboxylic acid groups (broad SMARTS) is 1. The maximum atomic E-state index is 11.5. The second-order valence-corrected chi connectivity index (χ2v) is 3.77. The molecule has 1 unspecified atom stereocenters. The summed E-state index contributed by atoms with van der Waals surface area (Å²) in [6, 6.07) is -0.387. The van der Waals surface area contributed by atoms with E-state index >= 15 is 0 Å². The highest BCUT2D eigenvalue weighted by Gasteiger charge is 2.16. The minimum Gasteiger partial charge on any atom is -0.481 e. The molecule has 98 valence electrons. The zero-order valence-corrected chi connectivity index (χ0v) is 10.3. The van der Waals surface area contributed by atoms with Crippen LogP contribution in [0, 0.1) is 5.92 Å². The third kappa shape index (κ3) is 6.39. The van der Waals surface area contributed by atoms with Gasteiger partial charge in [0.15, 0.2) is 0 Å². The van der Waals surface area contributed by atoms with Crippen LogP contribution in [0.1, 0.15) is 13.3 Å². The highest BCUT2D eigenvalue weighted by molar-refractivity contribution is 5.78. The standard InChI is InChI=1S/C10H19N3O4/c1-7(9(15)16)6-13(3)10(17)12-5-4-8(14)11-2/h7H,4-6H2,1-3H3,(H,11,14)(H,12,17)(H,15,16). The second-order valence-electron chi connectivity index (χ2n) is 3.77. The summed E-state index contributed by atoms with van der Waals surface area (Å²) in [7, 11) is 3.03. The number of urea groups is 1. The van der Waals surface area contributed by atoms with Gasteiger partial charge in [-0.25, -0.2) is 4.79 Å². The van der Waals surface area contributed by atoms with E-state index in [9.17, 15) is 14.4 Å². The molecule has 1 atom stereocenters. The number of hydrogen-bond donors (Lipinski definition) is 3. The summed E-state index contributed by atoms with van der Waals surface area (Å²) in [4.78, 5) is 34.2. The van der Waals surface area contributed by atoms with Crippen LogP contribution < -0.4 is 10.6 Å². The maximum Gasteiger partial charge on any atom is 0.317 e. The number of aliphatic carboxylic acids is 1. The van der Waals surface area contributed by atoms with Gasteiger partial charge in [0.25, 0.3) is 0 Å². The van der Waals surface area contributed by atoms with Crippen LogP contribution in [0.4, 0.5) is 4.79 Å². The molecule has 0 aromatic rings. The van der Waals surface area contributed by atoms with Gasteiger partial charge in [0.2, 0.25) is 5.91 Å². The Hall–Kier alpha value is -1.79. The summed E-state index contributed by atoms with van der Waals surface area (Å²) in [6.45, 7) is 1.88. The number of carbonyl (C=O) groups is 3. The van der Waals surface area contributed by atoms with Crippen LogP contribution in [0.15, 0.2) is 0 Å². The van der Waals surface area contributed by atoms with E-state index in [0.29, 0.717) is 0 Å². The first-order valence-electron chi connectivity index (χ1n) is 5.30. The van der Waals surface area contributed by atoms with Crippen LogP contribution in [0.3, 0.4) is 0 Å². The number of carbonyl (C=O) groups excluding carboxylic acids is 2. The van der Waals surface area contributed by atoms with Crippen molar-refractivity contribution in [3.05, 3.63) is 0 Å². The maximum absolute atomic E-state index is 11.5. The largest absolute Gasteiger partial charge is 0.481 e. The molecule has 0 bridgehead atoms. The van der Waals surface area contributed by atoms with Crippen LogP contribution in [-0.2, 0) is 9.59 Å². The molecule has 0 radical (unpaired) electrons. The molecule has 7 heteroatoms. The summed E-state index contributed by atoms with van der Waals surface area (Å²) in [6.07, 6.45) is 0.199. The third-order valence-electron chi connectivity index (χ3n) is 2.22. The van der Waals surface area contributed by atoms with Crippen LogP contribution in [0.2, 0.25) is 0 Å². The Morgan fingerprint density at radius 1 is 1.35 bits per heavy atom. The van der Waals surface area contributed by atoms with Gasteiger partial charge >= 0.3 is 12.0 Å². The smallest absolute Gasteiger partial charge is 0.317 e. The Kier molecular flexibility index (Phi) is 6.69. The van der Waals surface area contributed by atoms with E-state index in [2.05, 4.69) is 10.6 Å². The first-order chi connectivity index (χ1) is 7.88. The number of carboxylic acids is 1. The van der Waals surface area contributed by atoms with Crippen molar-refractivity contribution in [1.29, 1.82) is 0 Å². The van der Waals surface area contributed by atoms with E-state index in [-0.39, 0.29) is 31.4 Å². The van der Waals surface area contributed by atoms with E-state index in [1.165, 1.54) is 25.9 Å². The first-order valence-corrected chi connectivity index (χ1v) is 5.30. The Morgan fingerprint density at radius 3 is 2.41 bits per heavy atom. The second kappa shape index (κ2) is 7.48. The molecule has 0 fully saturated rings. The van der Waals surface area contributed by atoms with Gasteiger partial charge in [-0.05, 0) is 0 Å². The molecule has 7 nitrogen and oxygen atoms in total. The third-order valence-corrected chi connectivity index (χ3v) is 2.22. The van der Waals surface area contributed by atoms with E-state index in [1.807, 2.05) is 0 Å². The topological polar surface area (TPSA) is 98.7 Å². The monoisotopic (exact) mass is 245 g/mol. The lowest BCUT2D eigenvalue weighted by Crippen LogP contribution is -2.41. The molecule has 0 aliphatic carbocycles. The van der Waals surface area contributed by atoms with Crippen molar-refractivity contribution in [2.75, 3.05) is 27.2 Å². The van der Waals surface area contributed by atoms with Gasteiger partial charge < -0.3 is 20.6 Å². The fraction of sp³-hybridized carbons (Fsp3) is 0.700. The molecule has 0 saturated heterocycles. The van der Waals surface area contributed by atoms with E-state index in [1.54, 1.807) is 0 Å². The predicted octanol–water partition coefficient (Wildman–Crippen LogP) is -0.515. The van der Waals surface area contributed by atoms with Crippen molar-refractivity contribution < 1.29 is 19.5 Å². The van der Waals surface area contributed by atoms with Crippen LogP contribution in [-0.4, -0.2) is 55.1 Å². The average molecular weight is 245 g/mol. The molecule has 0 saturated carbocycles. The van der Waals surface area contributed by atoms with Gasteiger partial charge in [0.05, 0.1) is 5.92 Å². The summed E-state index contributed by atoms with van der Waals surface area (Å²) < 4.78 is 0. The molecule has 0 spiro atoms. The van der Waals surface area contributed by atoms with Crippen molar-refractivity contribution in [2.24, 2.45) is 5.92 Å². The molecule has 0 aliphatic rings. The number of rotatable bonds is 6. The molecule has 3 N–H and O–H groups in total. The van der Waals surface area contributed by atoms with Crippen LogP contribution >= 0.6 is 0 Å². The Labute approximate surface area is 100 Å². The highest BCUT2D eigenvalue weighted by atomic mass is 16.4. The Bertz CT molecular complexity index is 293. The molecule has 0 rings (SSSR count). The average Bonchev–Trinajstić information content (AvgIpc) is 2.28. The molecule has 0 aromatic heterocycles. The Balaban J connectivity index is 3.90. The predicted molar refractivity (Wildman–Crippen MR) is 61.5 cm³/mol. The molecular formula is C10H19N3O4. The summed E-state index contributed by atoms with van der Waals surface area (Å²) >= 11 is 0.